The van der Waals surface area contributed by atoms with Gasteiger partial charge in [-0.2, -0.15) is 0 Å². The lowest BCUT2D eigenvalue weighted by Gasteiger charge is -2.47. The molecule has 8 heteroatoms. The molecule has 1 unspecified atom stereocenters. The lowest BCUT2D eigenvalue weighted by Crippen LogP contribution is -2.60. The number of ketones is 1. The van der Waals surface area contributed by atoms with Crippen molar-refractivity contribution in [3.63, 3.8) is 0 Å². The number of esters is 1. The third-order valence-corrected chi connectivity index (χ3v) is 8.95. The van der Waals surface area contributed by atoms with Crippen LogP contribution in [0.3, 0.4) is 0 Å². The van der Waals surface area contributed by atoms with Crippen LogP contribution < -0.4 is 0 Å². The number of carbonyl (C=O) groups excluding carboxylic acids is 3. The highest BCUT2D eigenvalue weighted by Gasteiger charge is 2.45. The van der Waals surface area contributed by atoms with Gasteiger partial charge in [-0.25, -0.2) is 0 Å². The number of hydrogen-bond acceptors (Lipinski definition) is 7. The molecule has 0 aliphatic carbocycles. The van der Waals surface area contributed by atoms with E-state index in [1.54, 1.807) is 21.0 Å². The Balaban J connectivity index is 2.13. The van der Waals surface area contributed by atoms with E-state index in [1.165, 1.54) is 0 Å². The molecule has 0 saturated carbocycles. The molecule has 4 atom stereocenters. The maximum Gasteiger partial charge on any atom is 0.319 e. The summed E-state index contributed by atoms with van der Waals surface area (Å²) in [5.74, 6) is 0.381. The van der Waals surface area contributed by atoms with Gasteiger partial charge in [0.2, 0.25) is 5.91 Å². The molecule has 0 N–H and O–H groups in total. The van der Waals surface area contributed by atoms with Crippen molar-refractivity contribution in [2.24, 2.45) is 34.5 Å². The maximum atomic E-state index is 13.3. The quantitative estimate of drug-likeness (QED) is 0.320. The summed E-state index contributed by atoms with van der Waals surface area (Å²) in [6.45, 7) is 22.5. The van der Waals surface area contributed by atoms with E-state index in [-0.39, 0.29) is 41.6 Å². The van der Waals surface area contributed by atoms with Crippen LogP contribution in [0.5, 0.6) is 0 Å². The monoisotopic (exact) mass is 565 g/mol. The number of ether oxygens (including phenoxy) is 2. The van der Waals surface area contributed by atoms with E-state index >= 15 is 0 Å². The molecule has 0 bridgehead atoms. The summed E-state index contributed by atoms with van der Waals surface area (Å²) >= 11 is 0. The molecule has 40 heavy (non-hydrogen) atoms. The molecule has 1 amide bonds. The summed E-state index contributed by atoms with van der Waals surface area (Å²) in [6.07, 6.45) is 1.88. The van der Waals surface area contributed by atoms with Crippen molar-refractivity contribution in [1.82, 2.24) is 14.7 Å². The van der Waals surface area contributed by atoms with Crippen LogP contribution in [-0.2, 0) is 23.9 Å². The third-order valence-electron chi connectivity index (χ3n) is 8.95. The molecular formula is C32H59N3O5. The van der Waals surface area contributed by atoms with Crippen molar-refractivity contribution in [2.75, 3.05) is 60.5 Å². The van der Waals surface area contributed by atoms with Gasteiger partial charge in [-0.05, 0) is 65.0 Å². The van der Waals surface area contributed by atoms with Gasteiger partial charge in [0.25, 0.3) is 0 Å². The van der Waals surface area contributed by atoms with Gasteiger partial charge in [0.15, 0.2) is 5.78 Å². The molecule has 2 aliphatic heterocycles. The van der Waals surface area contributed by atoms with Crippen molar-refractivity contribution in [3.8, 4) is 0 Å². The first-order valence-corrected chi connectivity index (χ1v) is 15.2. The second-order valence-corrected chi connectivity index (χ2v) is 15.2. The van der Waals surface area contributed by atoms with E-state index < -0.39 is 17.0 Å². The zero-order valence-electron chi connectivity index (χ0n) is 27.6. The number of nitrogens with zero attached hydrogens (tertiary/aromatic N) is 3. The predicted molar refractivity (Wildman–Crippen MR) is 160 cm³/mol. The van der Waals surface area contributed by atoms with Gasteiger partial charge in [-0.1, -0.05) is 41.5 Å². The Hall–Kier alpha value is -1.51. The number of methoxy groups -OCH3 is 1. The predicted octanol–water partition coefficient (Wildman–Crippen LogP) is 4.36. The first-order chi connectivity index (χ1) is 18.3. The Morgan fingerprint density at radius 3 is 2.27 bits per heavy atom. The molecule has 0 aromatic rings. The Morgan fingerprint density at radius 2 is 1.73 bits per heavy atom. The Labute approximate surface area is 244 Å². The fraction of sp³-hybridized carbons (Fsp3) is 0.906. The average Bonchev–Trinajstić information content (AvgIpc) is 2.76. The Morgan fingerprint density at radius 1 is 1.12 bits per heavy atom. The molecule has 2 fully saturated rings. The van der Waals surface area contributed by atoms with Crippen molar-refractivity contribution < 1.29 is 23.9 Å². The highest BCUT2D eigenvalue weighted by Crippen LogP contribution is 2.35. The van der Waals surface area contributed by atoms with E-state index in [0.29, 0.717) is 37.8 Å². The molecule has 2 rings (SSSR count). The first kappa shape index (κ1) is 34.7. The van der Waals surface area contributed by atoms with Crippen LogP contribution in [0, 0.1) is 34.5 Å². The average molecular weight is 566 g/mol. The summed E-state index contributed by atoms with van der Waals surface area (Å²) in [7, 11) is 5.91. The molecule has 2 aliphatic rings. The molecule has 2 heterocycles. The van der Waals surface area contributed by atoms with E-state index in [2.05, 4.69) is 65.4 Å². The van der Waals surface area contributed by atoms with Crippen LogP contribution in [-0.4, -0.2) is 105 Å². The summed E-state index contributed by atoms with van der Waals surface area (Å²) in [5.41, 5.74) is -1.80. The van der Waals surface area contributed by atoms with Gasteiger partial charge in [-0.3, -0.25) is 19.3 Å². The minimum Gasteiger partial charge on any atom is -0.463 e. The fourth-order valence-corrected chi connectivity index (χ4v) is 7.06. The van der Waals surface area contributed by atoms with Crippen LogP contribution in [0.4, 0.5) is 0 Å². The molecule has 232 valence electrons. The number of likely N-dealkylation sites (N-methyl/N-ethyl adjacent to an activating group) is 1. The van der Waals surface area contributed by atoms with E-state index in [1.807, 2.05) is 11.8 Å². The van der Waals surface area contributed by atoms with E-state index in [9.17, 15) is 14.4 Å². The lowest BCUT2D eigenvalue weighted by atomic mass is 9.76. The van der Waals surface area contributed by atoms with Gasteiger partial charge in [0.1, 0.15) is 12.0 Å². The minimum atomic E-state index is -1.23. The lowest BCUT2D eigenvalue weighted by molar-refractivity contribution is -0.163. The normalized spacial score (nSPS) is 29.9. The molecule has 0 radical (unpaired) electrons. The maximum absolute atomic E-state index is 13.3. The minimum absolute atomic E-state index is 0.0292. The number of likely N-dealkylation sites (tertiary alicyclic amines) is 1. The first-order valence-electron chi connectivity index (χ1n) is 15.2. The number of carbonyl (C=O) groups is 3. The van der Waals surface area contributed by atoms with Crippen molar-refractivity contribution >= 4 is 17.7 Å². The molecule has 0 aromatic heterocycles. The summed E-state index contributed by atoms with van der Waals surface area (Å²) in [6, 6.07) is -0.0292. The largest absolute Gasteiger partial charge is 0.463 e. The smallest absolute Gasteiger partial charge is 0.319 e. The second-order valence-electron chi connectivity index (χ2n) is 15.2. The van der Waals surface area contributed by atoms with E-state index in [4.69, 9.17) is 9.47 Å². The van der Waals surface area contributed by atoms with Crippen molar-refractivity contribution in [1.29, 1.82) is 0 Å². The highest BCUT2D eigenvalue weighted by atomic mass is 16.5. The molecule has 0 spiro atoms. The van der Waals surface area contributed by atoms with Gasteiger partial charge in [0.05, 0.1) is 5.60 Å². The van der Waals surface area contributed by atoms with Crippen molar-refractivity contribution in [2.45, 2.75) is 93.2 Å². The number of Topliss-reactive ketones (excluding diaryl/α,β-unsaturated/α-hetero) is 1. The van der Waals surface area contributed by atoms with Gasteiger partial charge < -0.3 is 19.3 Å². The Kier molecular flexibility index (Phi) is 11.8. The number of amides is 1. The number of cyclic esters (lactones) is 1. The number of rotatable bonds is 8. The van der Waals surface area contributed by atoms with E-state index in [0.717, 1.165) is 26.1 Å². The third kappa shape index (κ3) is 9.25. The SMILES string of the molecule is CO[C@]1(C)C[C@@H](C)CN(C)C(C2CN(C(=O)CC(C)(C)CN(C)CC(C)C)C2)COC(=O)C(C)(C)C(=O)[C@H](C)C1. The standard InChI is InChI=1S/C32H59N3O5/c1-22(2)16-33(10)21-30(5,6)15-27(36)35-18-25(19-35)26-20-40-29(38)31(7,8)28(37)24(4)14-32(9,39-12)13-23(3)17-34(26)11/h22-26H,13-21H2,1-12H3/t23-,24-,26?,32-/m1/s1. The van der Waals surface area contributed by atoms with Crippen molar-refractivity contribution in [3.05, 3.63) is 0 Å². The van der Waals surface area contributed by atoms with Crippen LogP contribution in [0.2, 0.25) is 0 Å². The van der Waals surface area contributed by atoms with Crippen LogP contribution in [0.1, 0.15) is 81.6 Å². The summed E-state index contributed by atoms with van der Waals surface area (Å²) < 4.78 is 11.8. The van der Waals surface area contributed by atoms with Gasteiger partial charge in [-0.15, -0.1) is 0 Å². The van der Waals surface area contributed by atoms with Crippen LogP contribution >= 0.6 is 0 Å². The molecule has 2 saturated heterocycles. The molecule has 0 aromatic carbocycles. The summed E-state index contributed by atoms with van der Waals surface area (Å²) in [5, 5.41) is 0. The summed E-state index contributed by atoms with van der Waals surface area (Å²) in [4.78, 5) is 46.3. The molecule has 8 nitrogen and oxygen atoms in total. The molecular weight excluding hydrogens is 506 g/mol. The van der Waals surface area contributed by atoms with Crippen LogP contribution in [0.25, 0.3) is 0 Å². The van der Waals surface area contributed by atoms with Gasteiger partial charge >= 0.3 is 5.97 Å². The van der Waals surface area contributed by atoms with Crippen LogP contribution in [0.15, 0.2) is 0 Å². The fourth-order valence-electron chi connectivity index (χ4n) is 7.06. The topological polar surface area (TPSA) is 79.4 Å². The zero-order valence-corrected chi connectivity index (χ0v) is 27.6. The second kappa shape index (κ2) is 13.6. The zero-order chi connectivity index (χ0) is 30.6. The van der Waals surface area contributed by atoms with Gasteiger partial charge in [0, 0.05) is 64.1 Å². The Bertz CT molecular complexity index is 882. The number of hydrogen-bond donors (Lipinski definition) is 0. The highest BCUT2D eigenvalue weighted by molar-refractivity contribution is 6.03.